The number of amides is 1. The van der Waals surface area contributed by atoms with Crippen LogP contribution in [0.4, 0.5) is 0 Å². The molecule has 5 heteroatoms. The lowest BCUT2D eigenvalue weighted by atomic mass is 9.90. The number of carboxylic acids is 1. The maximum Gasteiger partial charge on any atom is 0.309 e. The molecule has 0 aromatic heterocycles. The van der Waals surface area contributed by atoms with E-state index in [1.807, 2.05) is 18.4 Å². The number of carbonyl (C=O) groups excluding carboxylic acids is 1. The molecule has 0 bridgehead atoms. The van der Waals surface area contributed by atoms with Gasteiger partial charge in [0.1, 0.15) is 0 Å². The lowest BCUT2D eigenvalue weighted by Gasteiger charge is -2.18. The number of rotatable bonds is 6. The molecular weight excluding hydrogens is 262 g/mol. The van der Waals surface area contributed by atoms with E-state index in [1.165, 1.54) is 0 Å². The van der Waals surface area contributed by atoms with Crippen molar-refractivity contribution < 1.29 is 14.7 Å². The summed E-state index contributed by atoms with van der Waals surface area (Å²) in [6.07, 6.45) is 2.38. The van der Waals surface area contributed by atoms with Gasteiger partial charge >= 0.3 is 5.97 Å². The number of aliphatic carboxylic acids is 1. The fourth-order valence-electron chi connectivity index (χ4n) is 1.44. The number of nitrogens with one attached hydrogen (secondary N) is 1. The monoisotopic (exact) mass is 281 g/mol. The average Bonchev–Trinajstić information content (AvgIpc) is 2.38. The summed E-state index contributed by atoms with van der Waals surface area (Å²) < 4.78 is 0. The molecule has 1 amide bonds. The van der Waals surface area contributed by atoms with Crippen molar-refractivity contribution in [2.24, 2.45) is 5.41 Å². The van der Waals surface area contributed by atoms with Crippen LogP contribution >= 0.6 is 11.8 Å². The molecule has 0 atom stereocenters. The lowest BCUT2D eigenvalue weighted by molar-refractivity contribution is -0.147. The minimum atomic E-state index is -0.855. The van der Waals surface area contributed by atoms with E-state index < -0.39 is 11.4 Å². The Morgan fingerprint density at radius 1 is 1.26 bits per heavy atom. The summed E-state index contributed by atoms with van der Waals surface area (Å²) in [6, 6.07) is 7.31. The highest BCUT2D eigenvalue weighted by Gasteiger charge is 2.26. The number of carboxylic acid groups (broad SMARTS) is 1. The van der Waals surface area contributed by atoms with Crippen molar-refractivity contribution in [1.29, 1.82) is 0 Å². The second-order valence-electron chi connectivity index (χ2n) is 4.92. The fraction of sp³-hybridized carbons (Fsp3) is 0.429. The Morgan fingerprint density at radius 3 is 2.32 bits per heavy atom. The maximum absolute atomic E-state index is 11.8. The molecule has 0 spiro atoms. The van der Waals surface area contributed by atoms with E-state index >= 15 is 0 Å². The SMILES string of the molecule is CSc1ccc(C(=O)NCCC(C)(C)C(=O)O)cc1. The van der Waals surface area contributed by atoms with Crippen LogP contribution < -0.4 is 5.32 Å². The highest BCUT2D eigenvalue weighted by molar-refractivity contribution is 7.98. The van der Waals surface area contributed by atoms with Crippen molar-refractivity contribution in [2.75, 3.05) is 12.8 Å². The third-order valence-corrected chi connectivity index (χ3v) is 3.71. The van der Waals surface area contributed by atoms with Crippen molar-refractivity contribution in [1.82, 2.24) is 5.32 Å². The van der Waals surface area contributed by atoms with Crippen molar-refractivity contribution in [3.8, 4) is 0 Å². The second kappa shape index (κ2) is 6.61. The van der Waals surface area contributed by atoms with Gasteiger partial charge in [-0.2, -0.15) is 0 Å². The van der Waals surface area contributed by atoms with Gasteiger partial charge in [0.05, 0.1) is 5.41 Å². The van der Waals surface area contributed by atoms with Gasteiger partial charge in [0.15, 0.2) is 0 Å². The zero-order chi connectivity index (χ0) is 14.5. The fourth-order valence-corrected chi connectivity index (χ4v) is 1.85. The van der Waals surface area contributed by atoms with Gasteiger partial charge in [-0.05, 0) is 50.8 Å². The van der Waals surface area contributed by atoms with Crippen molar-refractivity contribution in [3.05, 3.63) is 29.8 Å². The summed E-state index contributed by atoms with van der Waals surface area (Å²) in [7, 11) is 0. The molecule has 0 saturated carbocycles. The minimum Gasteiger partial charge on any atom is -0.481 e. The van der Waals surface area contributed by atoms with Crippen molar-refractivity contribution >= 4 is 23.6 Å². The normalized spacial score (nSPS) is 11.1. The van der Waals surface area contributed by atoms with E-state index in [2.05, 4.69) is 5.32 Å². The molecule has 0 saturated heterocycles. The van der Waals surface area contributed by atoms with Gasteiger partial charge in [0, 0.05) is 17.0 Å². The highest BCUT2D eigenvalue weighted by atomic mass is 32.2. The smallest absolute Gasteiger partial charge is 0.309 e. The summed E-state index contributed by atoms with van der Waals surface area (Å²) in [5, 5.41) is 11.7. The van der Waals surface area contributed by atoms with E-state index in [9.17, 15) is 9.59 Å². The van der Waals surface area contributed by atoms with Crippen LogP contribution in [-0.2, 0) is 4.79 Å². The summed E-state index contributed by atoms with van der Waals surface area (Å²) in [4.78, 5) is 23.9. The quantitative estimate of drug-likeness (QED) is 0.787. The summed E-state index contributed by atoms with van der Waals surface area (Å²) in [5.41, 5.74) is -0.235. The predicted molar refractivity (Wildman–Crippen MR) is 76.6 cm³/mol. The van der Waals surface area contributed by atoms with Crippen LogP contribution in [0, 0.1) is 5.41 Å². The first-order valence-electron chi connectivity index (χ1n) is 6.02. The maximum atomic E-state index is 11.8. The number of carbonyl (C=O) groups is 2. The third kappa shape index (κ3) is 4.59. The topological polar surface area (TPSA) is 66.4 Å². The van der Waals surface area contributed by atoms with Gasteiger partial charge in [-0.25, -0.2) is 0 Å². The van der Waals surface area contributed by atoms with Gasteiger partial charge in [-0.15, -0.1) is 11.8 Å². The van der Waals surface area contributed by atoms with Crippen LogP contribution in [-0.4, -0.2) is 29.8 Å². The number of hydrogen-bond acceptors (Lipinski definition) is 3. The van der Waals surface area contributed by atoms with E-state index in [0.717, 1.165) is 4.90 Å². The van der Waals surface area contributed by atoms with Crippen LogP contribution in [0.15, 0.2) is 29.2 Å². The zero-order valence-corrected chi connectivity index (χ0v) is 12.2. The second-order valence-corrected chi connectivity index (χ2v) is 5.80. The molecule has 0 aliphatic rings. The van der Waals surface area contributed by atoms with Crippen LogP contribution in [0.1, 0.15) is 30.6 Å². The Bertz CT molecular complexity index is 454. The largest absolute Gasteiger partial charge is 0.481 e. The lowest BCUT2D eigenvalue weighted by Crippen LogP contribution is -2.31. The first kappa shape index (κ1) is 15.6. The van der Waals surface area contributed by atoms with Crippen molar-refractivity contribution in [3.63, 3.8) is 0 Å². The first-order chi connectivity index (χ1) is 8.86. The molecule has 4 nitrogen and oxygen atoms in total. The molecule has 2 N–H and O–H groups in total. The Morgan fingerprint density at radius 2 is 1.84 bits per heavy atom. The average molecular weight is 281 g/mol. The zero-order valence-electron chi connectivity index (χ0n) is 11.4. The molecule has 0 aliphatic carbocycles. The molecule has 1 aromatic rings. The Hall–Kier alpha value is -1.49. The molecule has 0 fully saturated rings. The van der Waals surface area contributed by atoms with Crippen LogP contribution in [0.25, 0.3) is 0 Å². The van der Waals surface area contributed by atoms with E-state index in [0.29, 0.717) is 18.5 Å². The van der Waals surface area contributed by atoms with Gasteiger partial charge in [0.25, 0.3) is 5.91 Å². The highest BCUT2D eigenvalue weighted by Crippen LogP contribution is 2.19. The molecular formula is C14H19NO3S. The number of hydrogen-bond donors (Lipinski definition) is 2. The molecule has 0 aliphatic heterocycles. The Labute approximate surface area is 117 Å². The first-order valence-corrected chi connectivity index (χ1v) is 7.25. The number of benzene rings is 1. The Balaban J connectivity index is 2.49. The van der Waals surface area contributed by atoms with E-state index in [1.54, 1.807) is 37.7 Å². The molecule has 1 rings (SSSR count). The van der Waals surface area contributed by atoms with E-state index in [-0.39, 0.29) is 5.91 Å². The Kier molecular flexibility index (Phi) is 5.42. The molecule has 19 heavy (non-hydrogen) atoms. The van der Waals surface area contributed by atoms with Crippen LogP contribution in [0.2, 0.25) is 0 Å². The van der Waals surface area contributed by atoms with Gasteiger partial charge in [0.2, 0.25) is 0 Å². The minimum absolute atomic E-state index is 0.172. The predicted octanol–water partition coefficient (Wildman–Crippen LogP) is 2.64. The molecule has 0 heterocycles. The van der Waals surface area contributed by atoms with Crippen molar-refractivity contribution in [2.45, 2.75) is 25.2 Å². The molecule has 1 aromatic carbocycles. The van der Waals surface area contributed by atoms with Gasteiger partial charge in [-0.3, -0.25) is 9.59 Å². The number of thioether (sulfide) groups is 1. The van der Waals surface area contributed by atoms with E-state index in [4.69, 9.17) is 5.11 Å². The standard InChI is InChI=1S/C14H19NO3S/c1-14(2,13(17)18)8-9-15-12(16)10-4-6-11(19-3)7-5-10/h4-7H,8-9H2,1-3H3,(H,15,16)(H,17,18). The molecule has 104 valence electrons. The van der Waals surface area contributed by atoms with Crippen LogP contribution in [0.5, 0.6) is 0 Å². The summed E-state index contributed by atoms with van der Waals surface area (Å²) in [6.45, 7) is 3.64. The molecule has 0 unspecified atom stereocenters. The molecule has 0 radical (unpaired) electrons. The van der Waals surface area contributed by atoms with Crippen LogP contribution in [0.3, 0.4) is 0 Å². The van der Waals surface area contributed by atoms with Gasteiger partial charge < -0.3 is 10.4 Å². The third-order valence-electron chi connectivity index (χ3n) is 2.97. The summed E-state index contributed by atoms with van der Waals surface area (Å²) >= 11 is 1.62. The summed E-state index contributed by atoms with van der Waals surface area (Å²) in [5.74, 6) is -1.03. The van der Waals surface area contributed by atoms with Gasteiger partial charge in [-0.1, -0.05) is 0 Å².